The molecule has 0 radical (unpaired) electrons. The first-order valence-corrected chi connectivity index (χ1v) is 6.04. The minimum atomic E-state index is -0.0109. The van der Waals surface area contributed by atoms with Gasteiger partial charge in [0.15, 0.2) is 4.67 Å². The Bertz CT molecular complexity index is 390. The molecule has 0 saturated carbocycles. The number of halogens is 1. The highest BCUT2D eigenvalue weighted by molar-refractivity contribution is 9.10. The molecule has 5 heteroatoms. The summed E-state index contributed by atoms with van der Waals surface area (Å²) in [5.74, 6) is -0.0109. The highest BCUT2D eigenvalue weighted by Crippen LogP contribution is 2.22. The lowest BCUT2D eigenvalue weighted by Gasteiger charge is -2.36. The van der Waals surface area contributed by atoms with E-state index in [1.807, 2.05) is 18.7 Å². The number of morpholine rings is 1. The van der Waals surface area contributed by atoms with Crippen LogP contribution in [0.2, 0.25) is 0 Å². The second-order valence-electron chi connectivity index (χ2n) is 4.06. The SMILES string of the molecule is CC1CN(C(=O)c2ccoc2Br)C(C)CO1. The van der Waals surface area contributed by atoms with Crippen molar-refractivity contribution in [1.82, 2.24) is 4.90 Å². The molecule has 2 atom stereocenters. The topological polar surface area (TPSA) is 42.7 Å². The molecular formula is C11H14BrNO3. The van der Waals surface area contributed by atoms with Gasteiger partial charge in [-0.25, -0.2) is 0 Å². The summed E-state index contributed by atoms with van der Waals surface area (Å²) in [7, 11) is 0. The van der Waals surface area contributed by atoms with E-state index in [0.29, 0.717) is 23.4 Å². The Hall–Kier alpha value is -0.810. The van der Waals surface area contributed by atoms with Gasteiger partial charge in [0.25, 0.3) is 5.91 Å². The second-order valence-corrected chi connectivity index (χ2v) is 4.78. The van der Waals surface area contributed by atoms with Crippen molar-refractivity contribution in [3.8, 4) is 0 Å². The molecule has 1 aliphatic rings. The smallest absolute Gasteiger partial charge is 0.258 e. The van der Waals surface area contributed by atoms with Crippen molar-refractivity contribution in [3.63, 3.8) is 0 Å². The number of carbonyl (C=O) groups excluding carboxylic acids is 1. The molecule has 2 rings (SSSR count). The minimum absolute atomic E-state index is 0.0109. The van der Waals surface area contributed by atoms with Crippen LogP contribution in [0.15, 0.2) is 21.4 Å². The average molecular weight is 288 g/mol. The van der Waals surface area contributed by atoms with Crippen molar-refractivity contribution in [2.45, 2.75) is 26.0 Å². The number of ether oxygens (including phenoxy) is 1. The summed E-state index contributed by atoms with van der Waals surface area (Å²) in [6.07, 6.45) is 1.59. The molecule has 1 fully saturated rings. The van der Waals surface area contributed by atoms with E-state index >= 15 is 0 Å². The van der Waals surface area contributed by atoms with E-state index in [-0.39, 0.29) is 18.1 Å². The number of hydrogen-bond donors (Lipinski definition) is 0. The Morgan fingerprint density at radius 1 is 1.56 bits per heavy atom. The van der Waals surface area contributed by atoms with Gasteiger partial charge < -0.3 is 14.1 Å². The van der Waals surface area contributed by atoms with Crippen LogP contribution in [-0.4, -0.2) is 36.1 Å². The molecule has 0 aromatic carbocycles. The van der Waals surface area contributed by atoms with Crippen LogP contribution in [0.25, 0.3) is 0 Å². The molecule has 2 unspecified atom stereocenters. The van der Waals surface area contributed by atoms with Crippen molar-refractivity contribution < 1.29 is 13.9 Å². The maximum absolute atomic E-state index is 12.2. The van der Waals surface area contributed by atoms with Crippen LogP contribution in [0.1, 0.15) is 24.2 Å². The number of rotatable bonds is 1. The largest absolute Gasteiger partial charge is 0.457 e. The second kappa shape index (κ2) is 4.59. The molecule has 4 nitrogen and oxygen atoms in total. The summed E-state index contributed by atoms with van der Waals surface area (Å²) >= 11 is 3.22. The first kappa shape index (κ1) is 11.7. The third-order valence-corrected chi connectivity index (χ3v) is 3.33. The van der Waals surface area contributed by atoms with Crippen molar-refractivity contribution in [3.05, 3.63) is 22.6 Å². The summed E-state index contributed by atoms with van der Waals surface area (Å²) < 4.78 is 11.1. The van der Waals surface area contributed by atoms with Crippen LogP contribution in [0.5, 0.6) is 0 Å². The highest BCUT2D eigenvalue weighted by Gasteiger charge is 2.29. The van der Waals surface area contributed by atoms with E-state index in [0.717, 1.165) is 0 Å². The van der Waals surface area contributed by atoms with E-state index in [4.69, 9.17) is 9.15 Å². The summed E-state index contributed by atoms with van der Waals surface area (Å²) in [6, 6.07) is 1.78. The number of amides is 1. The van der Waals surface area contributed by atoms with Gasteiger partial charge in [-0.2, -0.15) is 0 Å². The number of carbonyl (C=O) groups is 1. The Morgan fingerprint density at radius 2 is 2.31 bits per heavy atom. The number of furan rings is 1. The zero-order valence-electron chi connectivity index (χ0n) is 9.27. The summed E-state index contributed by atoms with van der Waals surface area (Å²) in [5.41, 5.74) is 0.570. The van der Waals surface area contributed by atoms with Crippen molar-refractivity contribution >= 4 is 21.8 Å². The molecule has 0 spiro atoms. The zero-order valence-corrected chi connectivity index (χ0v) is 10.9. The summed E-state index contributed by atoms with van der Waals surface area (Å²) in [5, 5.41) is 0. The molecule has 1 aromatic heterocycles. The van der Waals surface area contributed by atoms with Gasteiger partial charge in [0.2, 0.25) is 0 Å². The predicted molar refractivity (Wildman–Crippen MR) is 62.3 cm³/mol. The highest BCUT2D eigenvalue weighted by atomic mass is 79.9. The van der Waals surface area contributed by atoms with Gasteiger partial charge in [-0.05, 0) is 35.8 Å². The molecule has 1 amide bonds. The van der Waals surface area contributed by atoms with Crippen molar-refractivity contribution in [2.75, 3.05) is 13.2 Å². The van der Waals surface area contributed by atoms with Crippen LogP contribution in [0.4, 0.5) is 0 Å². The molecule has 1 saturated heterocycles. The van der Waals surface area contributed by atoms with Crippen LogP contribution >= 0.6 is 15.9 Å². The van der Waals surface area contributed by atoms with Crippen molar-refractivity contribution in [1.29, 1.82) is 0 Å². The lowest BCUT2D eigenvalue weighted by molar-refractivity contribution is -0.0387. The Balaban J connectivity index is 2.18. The van der Waals surface area contributed by atoms with Crippen LogP contribution in [-0.2, 0) is 4.74 Å². The quantitative estimate of drug-likeness (QED) is 0.796. The predicted octanol–water partition coefficient (Wildman–Crippen LogP) is 2.29. The third kappa shape index (κ3) is 2.15. The number of nitrogens with zero attached hydrogens (tertiary/aromatic N) is 1. The first-order chi connectivity index (χ1) is 7.59. The van der Waals surface area contributed by atoms with Gasteiger partial charge in [0.1, 0.15) is 0 Å². The van der Waals surface area contributed by atoms with Gasteiger partial charge >= 0.3 is 0 Å². The van der Waals surface area contributed by atoms with Crippen LogP contribution in [0, 0.1) is 0 Å². The van der Waals surface area contributed by atoms with E-state index in [1.165, 1.54) is 6.26 Å². The molecule has 1 aromatic rings. The molecule has 0 aliphatic carbocycles. The molecule has 88 valence electrons. The van der Waals surface area contributed by atoms with Crippen LogP contribution < -0.4 is 0 Å². The first-order valence-electron chi connectivity index (χ1n) is 5.25. The fourth-order valence-corrected chi connectivity index (χ4v) is 2.20. The summed E-state index contributed by atoms with van der Waals surface area (Å²) in [6.45, 7) is 5.16. The molecule has 0 bridgehead atoms. The molecule has 1 aliphatic heterocycles. The monoisotopic (exact) mass is 287 g/mol. The maximum atomic E-state index is 12.2. The lowest BCUT2D eigenvalue weighted by Crippen LogP contribution is -2.50. The van der Waals surface area contributed by atoms with E-state index in [1.54, 1.807) is 6.07 Å². The molecular weight excluding hydrogens is 274 g/mol. The third-order valence-electron chi connectivity index (χ3n) is 2.72. The summed E-state index contributed by atoms with van der Waals surface area (Å²) in [4.78, 5) is 14.0. The van der Waals surface area contributed by atoms with Gasteiger partial charge in [-0.15, -0.1) is 0 Å². The average Bonchev–Trinajstić information content (AvgIpc) is 2.67. The van der Waals surface area contributed by atoms with Crippen molar-refractivity contribution in [2.24, 2.45) is 0 Å². The lowest BCUT2D eigenvalue weighted by atomic mass is 10.1. The molecule has 2 heterocycles. The fraction of sp³-hybridized carbons (Fsp3) is 0.545. The maximum Gasteiger partial charge on any atom is 0.258 e. The van der Waals surface area contributed by atoms with Gasteiger partial charge in [0.05, 0.1) is 30.6 Å². The normalized spacial score (nSPS) is 25.8. The van der Waals surface area contributed by atoms with Gasteiger partial charge in [-0.1, -0.05) is 0 Å². The zero-order chi connectivity index (χ0) is 11.7. The standard InChI is InChI=1S/C11H14BrNO3/c1-7-6-16-8(2)5-13(7)11(14)9-3-4-15-10(9)12/h3-4,7-8H,5-6H2,1-2H3. The molecule has 16 heavy (non-hydrogen) atoms. The number of hydrogen-bond acceptors (Lipinski definition) is 3. The minimum Gasteiger partial charge on any atom is -0.457 e. The Kier molecular flexibility index (Phi) is 3.35. The van der Waals surface area contributed by atoms with Gasteiger partial charge in [-0.3, -0.25) is 4.79 Å². The fourth-order valence-electron chi connectivity index (χ4n) is 1.79. The molecule has 0 N–H and O–H groups in total. The van der Waals surface area contributed by atoms with Gasteiger partial charge in [0, 0.05) is 6.54 Å². The van der Waals surface area contributed by atoms with Crippen LogP contribution in [0.3, 0.4) is 0 Å². The van der Waals surface area contributed by atoms with E-state index < -0.39 is 0 Å². The Morgan fingerprint density at radius 3 is 2.94 bits per heavy atom. The Labute approximate surface area is 103 Å². The van der Waals surface area contributed by atoms with E-state index in [9.17, 15) is 4.79 Å². The van der Waals surface area contributed by atoms with E-state index in [2.05, 4.69) is 15.9 Å².